The van der Waals surface area contributed by atoms with Gasteiger partial charge in [-0.1, -0.05) is 12.1 Å². The largest absolute Gasteiger partial charge is 0.478 e. The number of fused-ring (bicyclic) bond motifs is 1. The Hall–Kier alpha value is -2.14. The van der Waals surface area contributed by atoms with Crippen LogP contribution in [0.3, 0.4) is 0 Å². The average Bonchev–Trinajstić information content (AvgIpc) is 2.72. The third-order valence-corrected chi connectivity index (χ3v) is 2.19. The Morgan fingerprint density at radius 1 is 1.56 bits per heavy atom. The minimum Gasteiger partial charge on any atom is -0.478 e. The fraction of sp³-hybridized carbons (Fsp3) is 0.0909. The summed E-state index contributed by atoms with van der Waals surface area (Å²) in [6, 6.07) is 4.86. The second-order valence-corrected chi connectivity index (χ2v) is 3.30. The first-order valence-electron chi connectivity index (χ1n) is 4.66. The Morgan fingerprint density at radius 2 is 2.38 bits per heavy atom. The molecule has 5 heteroatoms. The third-order valence-electron chi connectivity index (χ3n) is 2.19. The van der Waals surface area contributed by atoms with Crippen LogP contribution in [0.4, 0.5) is 0 Å². The lowest BCUT2D eigenvalue weighted by Gasteiger charge is -2.05. The smallest absolute Gasteiger partial charge is 0.328 e. The van der Waals surface area contributed by atoms with Crippen LogP contribution in [0.5, 0.6) is 0 Å². The van der Waals surface area contributed by atoms with Crippen molar-refractivity contribution < 1.29 is 14.3 Å². The van der Waals surface area contributed by atoms with Gasteiger partial charge in [-0.3, -0.25) is 0 Å². The Kier molecular flexibility index (Phi) is 2.70. The van der Waals surface area contributed by atoms with Gasteiger partial charge in [-0.15, -0.1) is 0 Å². The molecule has 1 unspecified atom stereocenters. The van der Waals surface area contributed by atoms with Crippen LogP contribution in [-0.2, 0) is 4.79 Å². The maximum Gasteiger partial charge on any atom is 0.328 e. The normalized spacial score (nSPS) is 13.3. The van der Waals surface area contributed by atoms with Crippen LogP contribution >= 0.6 is 0 Å². The van der Waals surface area contributed by atoms with Gasteiger partial charge in [0.15, 0.2) is 12.0 Å². The number of nitrogens with zero attached hydrogens (tertiary/aromatic N) is 1. The van der Waals surface area contributed by atoms with E-state index in [-0.39, 0.29) is 0 Å². The molecule has 0 aliphatic carbocycles. The Bertz CT molecular complexity index is 545. The van der Waals surface area contributed by atoms with Crippen LogP contribution in [0.15, 0.2) is 41.2 Å². The van der Waals surface area contributed by atoms with Crippen molar-refractivity contribution in [2.24, 2.45) is 5.73 Å². The number of aromatic nitrogens is 1. The summed E-state index contributed by atoms with van der Waals surface area (Å²) in [6.45, 7) is 0. The van der Waals surface area contributed by atoms with Gasteiger partial charge in [0.1, 0.15) is 5.52 Å². The molecule has 16 heavy (non-hydrogen) atoms. The van der Waals surface area contributed by atoms with Gasteiger partial charge in [0.25, 0.3) is 0 Å². The Balaban J connectivity index is 2.28. The minimum absolute atomic E-state index is 0.467. The molecule has 0 amide bonds. The molecule has 1 aromatic carbocycles. The van der Waals surface area contributed by atoms with E-state index in [1.165, 1.54) is 12.5 Å². The van der Waals surface area contributed by atoms with Gasteiger partial charge in [0, 0.05) is 12.1 Å². The van der Waals surface area contributed by atoms with Gasteiger partial charge >= 0.3 is 5.97 Å². The van der Waals surface area contributed by atoms with Crippen LogP contribution in [0.2, 0.25) is 0 Å². The summed E-state index contributed by atoms with van der Waals surface area (Å²) < 4.78 is 5.13. The molecule has 0 saturated heterocycles. The minimum atomic E-state index is -1.02. The maximum absolute atomic E-state index is 10.3. The molecular formula is C11H10N2O3. The fourth-order valence-corrected chi connectivity index (χ4v) is 1.38. The molecule has 0 spiro atoms. The number of carboxylic acids is 1. The van der Waals surface area contributed by atoms with E-state index in [0.717, 1.165) is 17.2 Å². The van der Waals surface area contributed by atoms with Gasteiger partial charge in [-0.25, -0.2) is 9.78 Å². The van der Waals surface area contributed by atoms with E-state index in [4.69, 9.17) is 15.3 Å². The Labute approximate surface area is 91.2 Å². The average molecular weight is 218 g/mol. The molecule has 0 bridgehead atoms. The highest BCUT2D eigenvalue weighted by molar-refractivity contribution is 5.80. The van der Waals surface area contributed by atoms with Gasteiger partial charge in [0.2, 0.25) is 0 Å². The molecule has 1 aromatic heterocycles. The van der Waals surface area contributed by atoms with Crippen molar-refractivity contribution in [1.82, 2.24) is 4.98 Å². The zero-order valence-corrected chi connectivity index (χ0v) is 8.33. The summed E-state index contributed by atoms with van der Waals surface area (Å²) in [4.78, 5) is 14.3. The highest BCUT2D eigenvalue weighted by atomic mass is 16.4. The van der Waals surface area contributed by atoms with E-state index >= 15 is 0 Å². The fourth-order valence-electron chi connectivity index (χ4n) is 1.38. The maximum atomic E-state index is 10.3. The number of hydrogen-bond acceptors (Lipinski definition) is 4. The summed E-state index contributed by atoms with van der Waals surface area (Å²) >= 11 is 0. The number of rotatable bonds is 3. The van der Waals surface area contributed by atoms with Crippen LogP contribution in [0.1, 0.15) is 11.6 Å². The number of hydrogen-bond donors (Lipinski definition) is 2. The highest BCUT2D eigenvalue weighted by Crippen LogP contribution is 2.18. The molecule has 5 nitrogen and oxygen atoms in total. The lowest BCUT2D eigenvalue weighted by molar-refractivity contribution is -0.131. The number of oxazole rings is 1. The van der Waals surface area contributed by atoms with E-state index in [0.29, 0.717) is 5.58 Å². The Morgan fingerprint density at radius 3 is 3.12 bits per heavy atom. The molecule has 2 aromatic rings. The standard InChI is InChI=1S/C11H10N2O3/c12-8(2-4-11(14)15)7-1-3-9-10(5-7)16-6-13-9/h1-6,8H,12H2,(H,14,15)/b4-2+. The van der Waals surface area contributed by atoms with Gasteiger partial charge < -0.3 is 15.3 Å². The first-order chi connectivity index (χ1) is 7.66. The molecule has 2 rings (SSSR count). The molecule has 1 heterocycles. The molecule has 3 N–H and O–H groups in total. The second-order valence-electron chi connectivity index (χ2n) is 3.30. The van der Waals surface area contributed by atoms with E-state index < -0.39 is 12.0 Å². The number of aliphatic carboxylic acids is 1. The van der Waals surface area contributed by atoms with Crippen molar-refractivity contribution in [1.29, 1.82) is 0 Å². The van der Waals surface area contributed by atoms with Crippen molar-refractivity contribution >= 4 is 17.1 Å². The van der Waals surface area contributed by atoms with Crippen molar-refractivity contribution in [3.63, 3.8) is 0 Å². The quantitative estimate of drug-likeness (QED) is 0.761. The summed E-state index contributed by atoms with van der Waals surface area (Å²) in [6.07, 6.45) is 3.79. The zero-order valence-electron chi connectivity index (χ0n) is 8.33. The summed E-state index contributed by atoms with van der Waals surface area (Å²) in [5.74, 6) is -1.02. The first kappa shape index (κ1) is 10.4. The predicted octanol–water partition coefficient (Wildman–Crippen LogP) is 1.47. The van der Waals surface area contributed by atoms with E-state index in [9.17, 15) is 4.79 Å². The van der Waals surface area contributed by atoms with Gasteiger partial charge in [-0.05, 0) is 17.7 Å². The summed E-state index contributed by atoms with van der Waals surface area (Å²) in [7, 11) is 0. The molecule has 0 fully saturated rings. The first-order valence-corrected chi connectivity index (χ1v) is 4.66. The van der Waals surface area contributed by atoms with Crippen molar-refractivity contribution in [2.75, 3.05) is 0 Å². The zero-order chi connectivity index (χ0) is 11.5. The SMILES string of the molecule is NC(/C=C/C(=O)O)c1ccc2ncoc2c1. The molecule has 1 atom stereocenters. The molecule has 0 radical (unpaired) electrons. The monoisotopic (exact) mass is 218 g/mol. The summed E-state index contributed by atoms with van der Waals surface area (Å²) in [5.41, 5.74) is 7.95. The van der Waals surface area contributed by atoms with Crippen molar-refractivity contribution in [2.45, 2.75) is 6.04 Å². The number of nitrogens with two attached hydrogens (primary N) is 1. The molecule has 0 saturated carbocycles. The number of carboxylic acid groups (broad SMARTS) is 1. The number of carbonyl (C=O) groups is 1. The van der Waals surface area contributed by atoms with Crippen LogP contribution < -0.4 is 5.73 Å². The molecule has 82 valence electrons. The van der Waals surface area contributed by atoms with Crippen molar-refractivity contribution in [3.8, 4) is 0 Å². The van der Waals surface area contributed by atoms with Gasteiger partial charge in [-0.2, -0.15) is 0 Å². The van der Waals surface area contributed by atoms with Crippen LogP contribution in [-0.4, -0.2) is 16.1 Å². The number of benzene rings is 1. The molecule has 0 aliphatic rings. The lowest BCUT2D eigenvalue weighted by Crippen LogP contribution is -2.07. The van der Waals surface area contributed by atoms with Gasteiger partial charge in [0.05, 0.1) is 0 Å². The molecular weight excluding hydrogens is 208 g/mol. The second kappa shape index (κ2) is 4.16. The lowest BCUT2D eigenvalue weighted by atomic mass is 10.1. The van der Waals surface area contributed by atoms with Crippen molar-refractivity contribution in [3.05, 3.63) is 42.3 Å². The third kappa shape index (κ3) is 2.09. The van der Waals surface area contributed by atoms with E-state index in [2.05, 4.69) is 4.98 Å². The van der Waals surface area contributed by atoms with Crippen LogP contribution in [0.25, 0.3) is 11.1 Å². The predicted molar refractivity (Wildman–Crippen MR) is 57.7 cm³/mol. The highest BCUT2D eigenvalue weighted by Gasteiger charge is 2.05. The van der Waals surface area contributed by atoms with Crippen LogP contribution in [0, 0.1) is 0 Å². The van der Waals surface area contributed by atoms with E-state index in [1.54, 1.807) is 18.2 Å². The van der Waals surface area contributed by atoms with E-state index in [1.807, 2.05) is 0 Å². The topological polar surface area (TPSA) is 89.4 Å². The summed E-state index contributed by atoms with van der Waals surface area (Å²) in [5, 5.41) is 8.48. The molecule has 0 aliphatic heterocycles.